The van der Waals surface area contributed by atoms with Crippen LogP contribution < -0.4 is 10.6 Å². The van der Waals surface area contributed by atoms with E-state index >= 15 is 0 Å². The quantitative estimate of drug-likeness (QED) is 0.889. The zero-order valence-electron chi connectivity index (χ0n) is 12.4. The van der Waals surface area contributed by atoms with Crippen molar-refractivity contribution < 1.29 is 4.79 Å². The molecule has 2 rings (SSSR count). The van der Waals surface area contributed by atoms with E-state index in [1.807, 2.05) is 63.4 Å². The van der Waals surface area contributed by atoms with Gasteiger partial charge in [0, 0.05) is 17.8 Å². The lowest BCUT2D eigenvalue weighted by Crippen LogP contribution is -2.27. The van der Waals surface area contributed by atoms with Crippen LogP contribution in [0.25, 0.3) is 0 Å². The maximum Gasteiger partial charge on any atom is 0.253 e. The number of benzene rings is 2. The van der Waals surface area contributed by atoms with Gasteiger partial charge in [0.15, 0.2) is 0 Å². The van der Waals surface area contributed by atoms with Crippen LogP contribution >= 0.6 is 11.6 Å². The highest BCUT2D eigenvalue weighted by molar-refractivity contribution is 6.30. The van der Waals surface area contributed by atoms with Crippen molar-refractivity contribution in [3.63, 3.8) is 0 Å². The van der Waals surface area contributed by atoms with Crippen molar-refractivity contribution in [1.82, 2.24) is 5.32 Å². The molecule has 1 unspecified atom stereocenters. The summed E-state index contributed by atoms with van der Waals surface area (Å²) in [5.74, 6) is -0.0956. The van der Waals surface area contributed by atoms with Gasteiger partial charge in [0.1, 0.15) is 0 Å². The van der Waals surface area contributed by atoms with E-state index in [1.165, 1.54) is 0 Å². The molecule has 0 bridgehead atoms. The molecular weight excluding hydrogens is 284 g/mol. The van der Waals surface area contributed by atoms with Gasteiger partial charge in [0.05, 0.1) is 11.6 Å². The summed E-state index contributed by atoms with van der Waals surface area (Å²) in [6.45, 7) is 3.95. The van der Waals surface area contributed by atoms with E-state index in [4.69, 9.17) is 11.6 Å². The summed E-state index contributed by atoms with van der Waals surface area (Å²) in [5, 5.41) is 6.75. The van der Waals surface area contributed by atoms with Gasteiger partial charge >= 0.3 is 0 Å². The summed E-state index contributed by atoms with van der Waals surface area (Å²) in [6, 6.07) is 13.1. The second-order valence-electron chi connectivity index (χ2n) is 5.05. The SMILES string of the molecule is CNc1cc(C)ccc1C(=O)NC(C)c1ccc(Cl)cc1. The molecule has 0 aliphatic carbocycles. The largest absolute Gasteiger partial charge is 0.387 e. The lowest BCUT2D eigenvalue weighted by Gasteiger charge is -2.16. The van der Waals surface area contributed by atoms with Crippen LogP contribution in [0.3, 0.4) is 0 Å². The summed E-state index contributed by atoms with van der Waals surface area (Å²) in [4.78, 5) is 12.4. The van der Waals surface area contributed by atoms with Crippen LogP contribution in [-0.2, 0) is 0 Å². The number of nitrogens with one attached hydrogen (secondary N) is 2. The maximum atomic E-state index is 12.4. The van der Waals surface area contributed by atoms with Crippen molar-refractivity contribution >= 4 is 23.2 Å². The van der Waals surface area contributed by atoms with Gasteiger partial charge < -0.3 is 10.6 Å². The second kappa shape index (κ2) is 6.64. The average molecular weight is 303 g/mol. The van der Waals surface area contributed by atoms with E-state index in [2.05, 4.69) is 10.6 Å². The number of carbonyl (C=O) groups is 1. The fourth-order valence-corrected chi connectivity index (χ4v) is 2.30. The first-order valence-electron chi connectivity index (χ1n) is 6.86. The lowest BCUT2D eigenvalue weighted by molar-refractivity contribution is 0.0940. The van der Waals surface area contributed by atoms with E-state index < -0.39 is 0 Å². The van der Waals surface area contributed by atoms with E-state index in [-0.39, 0.29) is 11.9 Å². The number of hydrogen-bond acceptors (Lipinski definition) is 2. The molecule has 110 valence electrons. The van der Waals surface area contributed by atoms with Gasteiger partial charge in [-0.2, -0.15) is 0 Å². The smallest absolute Gasteiger partial charge is 0.253 e. The molecule has 1 atom stereocenters. The molecular formula is C17H19ClN2O. The molecule has 0 heterocycles. The van der Waals surface area contributed by atoms with Gasteiger partial charge in [0.2, 0.25) is 0 Å². The molecule has 2 aromatic rings. The topological polar surface area (TPSA) is 41.1 Å². The van der Waals surface area contributed by atoms with Crippen molar-refractivity contribution in [2.24, 2.45) is 0 Å². The minimum absolute atomic E-state index is 0.0826. The summed E-state index contributed by atoms with van der Waals surface area (Å²) in [7, 11) is 1.81. The van der Waals surface area contributed by atoms with Crippen LogP contribution in [0.15, 0.2) is 42.5 Å². The molecule has 0 aliphatic heterocycles. The third kappa shape index (κ3) is 3.76. The van der Waals surface area contributed by atoms with Crippen LogP contribution in [0.5, 0.6) is 0 Å². The third-order valence-electron chi connectivity index (χ3n) is 3.41. The van der Waals surface area contributed by atoms with Crippen LogP contribution in [0.1, 0.15) is 34.5 Å². The van der Waals surface area contributed by atoms with E-state index in [1.54, 1.807) is 0 Å². The van der Waals surface area contributed by atoms with Crippen molar-refractivity contribution in [3.05, 3.63) is 64.2 Å². The molecule has 0 aliphatic rings. The Balaban J connectivity index is 2.16. The molecule has 0 radical (unpaired) electrons. The first-order chi connectivity index (χ1) is 10.0. The molecule has 0 aromatic heterocycles. The molecule has 4 heteroatoms. The highest BCUT2D eigenvalue weighted by Crippen LogP contribution is 2.20. The molecule has 0 saturated heterocycles. The number of amides is 1. The number of carbonyl (C=O) groups excluding carboxylic acids is 1. The van der Waals surface area contributed by atoms with Crippen molar-refractivity contribution in [1.29, 1.82) is 0 Å². The fourth-order valence-electron chi connectivity index (χ4n) is 2.17. The van der Waals surface area contributed by atoms with Crippen LogP contribution in [0.4, 0.5) is 5.69 Å². The van der Waals surface area contributed by atoms with E-state index in [0.717, 1.165) is 16.8 Å². The van der Waals surface area contributed by atoms with Gasteiger partial charge in [-0.1, -0.05) is 29.8 Å². The predicted octanol–water partition coefficient (Wildman–Crippen LogP) is 4.18. The van der Waals surface area contributed by atoms with Gasteiger partial charge in [-0.15, -0.1) is 0 Å². The Labute approximate surface area is 130 Å². The first kappa shape index (κ1) is 15.4. The Kier molecular flexibility index (Phi) is 4.86. The van der Waals surface area contributed by atoms with Crippen LogP contribution in [0.2, 0.25) is 5.02 Å². The van der Waals surface area contributed by atoms with Crippen molar-refractivity contribution in [2.45, 2.75) is 19.9 Å². The van der Waals surface area contributed by atoms with E-state index in [0.29, 0.717) is 10.6 Å². The second-order valence-corrected chi connectivity index (χ2v) is 5.48. The number of hydrogen-bond donors (Lipinski definition) is 2. The Bertz CT molecular complexity index is 638. The Hall–Kier alpha value is -2.00. The van der Waals surface area contributed by atoms with Gasteiger partial charge in [-0.3, -0.25) is 4.79 Å². The molecule has 3 nitrogen and oxygen atoms in total. The van der Waals surface area contributed by atoms with Crippen LogP contribution in [-0.4, -0.2) is 13.0 Å². The molecule has 21 heavy (non-hydrogen) atoms. The monoisotopic (exact) mass is 302 g/mol. The fraction of sp³-hybridized carbons (Fsp3) is 0.235. The molecule has 2 aromatic carbocycles. The average Bonchev–Trinajstić information content (AvgIpc) is 2.47. The first-order valence-corrected chi connectivity index (χ1v) is 7.24. The molecule has 2 N–H and O–H groups in total. The molecule has 0 fully saturated rings. The standard InChI is InChI=1S/C17H19ClN2O/c1-11-4-9-15(16(10-11)19-3)17(21)20-12(2)13-5-7-14(18)8-6-13/h4-10,12,19H,1-3H3,(H,20,21). The predicted molar refractivity (Wildman–Crippen MR) is 88.1 cm³/mol. The van der Waals surface area contributed by atoms with Gasteiger partial charge in [-0.25, -0.2) is 0 Å². The van der Waals surface area contributed by atoms with Crippen molar-refractivity contribution in [3.8, 4) is 0 Å². The lowest BCUT2D eigenvalue weighted by atomic mass is 10.1. The minimum Gasteiger partial charge on any atom is -0.387 e. The normalized spacial score (nSPS) is 11.8. The van der Waals surface area contributed by atoms with Crippen molar-refractivity contribution in [2.75, 3.05) is 12.4 Å². The number of anilines is 1. The highest BCUT2D eigenvalue weighted by Gasteiger charge is 2.14. The highest BCUT2D eigenvalue weighted by atomic mass is 35.5. The molecule has 1 amide bonds. The Morgan fingerprint density at radius 1 is 1.14 bits per heavy atom. The zero-order valence-corrected chi connectivity index (χ0v) is 13.2. The third-order valence-corrected chi connectivity index (χ3v) is 3.66. The van der Waals surface area contributed by atoms with Crippen LogP contribution in [0, 0.1) is 6.92 Å². The number of aryl methyl sites for hydroxylation is 1. The molecule has 0 spiro atoms. The summed E-state index contributed by atoms with van der Waals surface area (Å²) in [5.41, 5.74) is 3.60. The summed E-state index contributed by atoms with van der Waals surface area (Å²) < 4.78 is 0. The molecule has 0 saturated carbocycles. The van der Waals surface area contributed by atoms with E-state index in [9.17, 15) is 4.79 Å². The Morgan fingerprint density at radius 2 is 1.81 bits per heavy atom. The number of halogens is 1. The summed E-state index contributed by atoms with van der Waals surface area (Å²) in [6.07, 6.45) is 0. The Morgan fingerprint density at radius 3 is 2.43 bits per heavy atom. The zero-order chi connectivity index (χ0) is 15.4. The maximum absolute atomic E-state index is 12.4. The van der Waals surface area contributed by atoms with Gasteiger partial charge in [0.25, 0.3) is 5.91 Å². The minimum atomic E-state index is -0.0956. The number of rotatable bonds is 4. The summed E-state index contributed by atoms with van der Waals surface area (Å²) >= 11 is 5.88. The van der Waals surface area contributed by atoms with Gasteiger partial charge in [-0.05, 0) is 49.2 Å².